The number of sulfone groups is 1. The molecule has 0 bridgehead atoms. The Balaban J connectivity index is 1.84. The first-order chi connectivity index (χ1) is 11.9. The van der Waals surface area contributed by atoms with E-state index >= 15 is 0 Å². The van der Waals surface area contributed by atoms with Crippen LogP contribution in [0.2, 0.25) is 0 Å². The van der Waals surface area contributed by atoms with Crippen LogP contribution < -0.4 is 5.32 Å². The van der Waals surface area contributed by atoms with Gasteiger partial charge in [0.2, 0.25) is 0 Å². The van der Waals surface area contributed by atoms with Gasteiger partial charge in [-0.1, -0.05) is 30.3 Å². The molecule has 130 valence electrons. The molecule has 0 heterocycles. The van der Waals surface area contributed by atoms with Gasteiger partial charge in [0.05, 0.1) is 22.3 Å². The Morgan fingerprint density at radius 3 is 2.36 bits per heavy atom. The van der Waals surface area contributed by atoms with Crippen LogP contribution in [0.4, 0.5) is 4.79 Å². The Morgan fingerprint density at radius 1 is 1.12 bits per heavy atom. The second-order valence-corrected chi connectivity index (χ2v) is 7.64. The van der Waals surface area contributed by atoms with Gasteiger partial charge >= 0.3 is 6.03 Å². The first-order valence-electron chi connectivity index (χ1n) is 7.68. The molecule has 0 atom stereocenters. The lowest BCUT2D eigenvalue weighted by Crippen LogP contribution is -2.39. The molecule has 2 rings (SSSR count). The van der Waals surface area contributed by atoms with Gasteiger partial charge in [0.25, 0.3) is 0 Å². The molecule has 0 radical (unpaired) electrons. The molecule has 0 fully saturated rings. The minimum Gasteiger partial charge on any atom is -0.337 e. The van der Waals surface area contributed by atoms with E-state index in [1.165, 1.54) is 17.0 Å². The highest BCUT2D eigenvalue weighted by Crippen LogP contribution is 2.09. The van der Waals surface area contributed by atoms with Gasteiger partial charge in [-0.3, -0.25) is 0 Å². The quantitative estimate of drug-likeness (QED) is 0.858. The largest absolute Gasteiger partial charge is 0.337 e. The molecule has 0 spiro atoms. The van der Waals surface area contributed by atoms with E-state index in [2.05, 4.69) is 5.32 Å². The van der Waals surface area contributed by atoms with Crippen LogP contribution >= 0.6 is 0 Å². The molecule has 0 aliphatic carbocycles. The van der Waals surface area contributed by atoms with Crippen molar-refractivity contribution in [2.45, 2.75) is 11.4 Å². The summed E-state index contributed by atoms with van der Waals surface area (Å²) in [7, 11) is -1.79. The molecule has 6 nitrogen and oxygen atoms in total. The van der Waals surface area contributed by atoms with Gasteiger partial charge in [0, 0.05) is 20.1 Å². The first kappa shape index (κ1) is 18.5. The second kappa shape index (κ2) is 8.31. The maximum absolute atomic E-state index is 12.1. The van der Waals surface area contributed by atoms with Crippen LogP contribution in [0.1, 0.15) is 11.1 Å². The summed E-state index contributed by atoms with van der Waals surface area (Å²) >= 11 is 0. The van der Waals surface area contributed by atoms with Crippen molar-refractivity contribution in [3.63, 3.8) is 0 Å². The standard InChI is InChI=1S/C18H19N3O3S/c1-21(14-16-9-7-15(13-19)8-10-16)18(22)20-11-12-25(23,24)17-5-3-2-4-6-17/h2-10H,11-12,14H2,1H3,(H,20,22). The molecule has 0 unspecified atom stereocenters. The average Bonchev–Trinajstić information content (AvgIpc) is 2.63. The normalized spacial score (nSPS) is 10.7. The molecular weight excluding hydrogens is 338 g/mol. The molecule has 25 heavy (non-hydrogen) atoms. The Labute approximate surface area is 147 Å². The lowest BCUT2D eigenvalue weighted by molar-refractivity contribution is 0.207. The van der Waals surface area contributed by atoms with Crippen molar-refractivity contribution >= 4 is 15.9 Å². The van der Waals surface area contributed by atoms with Crippen LogP contribution in [0.25, 0.3) is 0 Å². The van der Waals surface area contributed by atoms with Crippen LogP contribution in [0.15, 0.2) is 59.5 Å². The highest BCUT2D eigenvalue weighted by Gasteiger charge is 2.15. The van der Waals surface area contributed by atoms with Crippen molar-refractivity contribution in [1.82, 2.24) is 10.2 Å². The number of urea groups is 1. The minimum absolute atomic E-state index is 0.0355. The molecule has 0 aromatic heterocycles. The third kappa shape index (κ3) is 5.33. The molecular formula is C18H19N3O3S. The molecule has 2 aromatic rings. The average molecular weight is 357 g/mol. The molecule has 0 aliphatic rings. The van der Waals surface area contributed by atoms with E-state index in [-0.39, 0.29) is 23.2 Å². The number of nitrogens with one attached hydrogen (secondary N) is 1. The predicted octanol–water partition coefficient (Wildman–Crippen LogP) is 2.17. The Bertz CT molecular complexity index is 857. The SMILES string of the molecule is CN(Cc1ccc(C#N)cc1)C(=O)NCCS(=O)(=O)c1ccccc1. The topological polar surface area (TPSA) is 90.3 Å². The fourth-order valence-corrected chi connectivity index (χ4v) is 3.38. The number of hydrogen-bond acceptors (Lipinski definition) is 4. The number of nitrogens with zero attached hydrogens (tertiary/aromatic N) is 2. The zero-order valence-corrected chi connectivity index (χ0v) is 14.7. The lowest BCUT2D eigenvalue weighted by atomic mass is 10.1. The number of rotatable bonds is 6. The third-order valence-electron chi connectivity index (χ3n) is 3.60. The zero-order valence-electron chi connectivity index (χ0n) is 13.8. The van der Waals surface area contributed by atoms with Gasteiger partial charge in [-0.25, -0.2) is 13.2 Å². The van der Waals surface area contributed by atoms with E-state index in [1.807, 2.05) is 6.07 Å². The van der Waals surface area contributed by atoms with Crippen molar-refractivity contribution < 1.29 is 13.2 Å². The highest BCUT2D eigenvalue weighted by molar-refractivity contribution is 7.91. The maximum Gasteiger partial charge on any atom is 0.317 e. The van der Waals surface area contributed by atoms with E-state index < -0.39 is 9.84 Å². The van der Waals surface area contributed by atoms with Gasteiger partial charge in [-0.15, -0.1) is 0 Å². The Kier molecular flexibility index (Phi) is 6.14. The Hall–Kier alpha value is -2.85. The van der Waals surface area contributed by atoms with Gasteiger partial charge < -0.3 is 10.2 Å². The monoisotopic (exact) mass is 357 g/mol. The van der Waals surface area contributed by atoms with Crippen molar-refractivity contribution in [2.75, 3.05) is 19.3 Å². The summed E-state index contributed by atoms with van der Waals surface area (Å²) in [4.78, 5) is 13.8. The number of nitriles is 1. The molecule has 0 saturated carbocycles. The van der Waals surface area contributed by atoms with Gasteiger partial charge in [-0.05, 0) is 29.8 Å². The van der Waals surface area contributed by atoms with Crippen LogP contribution in [0.5, 0.6) is 0 Å². The lowest BCUT2D eigenvalue weighted by Gasteiger charge is -2.18. The third-order valence-corrected chi connectivity index (χ3v) is 5.33. The summed E-state index contributed by atoms with van der Waals surface area (Å²) in [5.41, 5.74) is 1.44. The number of carbonyl (C=O) groups is 1. The highest BCUT2D eigenvalue weighted by atomic mass is 32.2. The van der Waals surface area contributed by atoms with E-state index in [0.717, 1.165) is 5.56 Å². The van der Waals surface area contributed by atoms with Crippen molar-refractivity contribution in [3.05, 3.63) is 65.7 Å². The molecule has 2 amide bonds. The second-order valence-electron chi connectivity index (χ2n) is 5.53. The smallest absolute Gasteiger partial charge is 0.317 e. The zero-order chi connectivity index (χ0) is 18.3. The van der Waals surface area contributed by atoms with Gasteiger partial charge in [-0.2, -0.15) is 5.26 Å². The number of hydrogen-bond donors (Lipinski definition) is 1. The number of amides is 2. The number of benzene rings is 2. The van der Waals surface area contributed by atoms with Crippen LogP contribution in [-0.4, -0.2) is 38.7 Å². The Morgan fingerprint density at radius 2 is 1.76 bits per heavy atom. The van der Waals surface area contributed by atoms with Gasteiger partial charge in [0.15, 0.2) is 9.84 Å². The van der Waals surface area contributed by atoms with E-state index in [1.54, 1.807) is 49.5 Å². The molecule has 7 heteroatoms. The summed E-state index contributed by atoms with van der Waals surface area (Å²) in [5.74, 6) is -0.159. The van der Waals surface area contributed by atoms with Crippen LogP contribution in [-0.2, 0) is 16.4 Å². The molecule has 0 saturated heterocycles. The van der Waals surface area contributed by atoms with Gasteiger partial charge in [0.1, 0.15) is 0 Å². The molecule has 0 aliphatic heterocycles. The predicted molar refractivity (Wildman–Crippen MR) is 94.5 cm³/mol. The van der Waals surface area contributed by atoms with Crippen LogP contribution in [0, 0.1) is 11.3 Å². The van der Waals surface area contributed by atoms with E-state index in [0.29, 0.717) is 12.1 Å². The summed E-state index contributed by atoms with van der Waals surface area (Å²) in [6.07, 6.45) is 0. The van der Waals surface area contributed by atoms with Crippen LogP contribution in [0.3, 0.4) is 0 Å². The summed E-state index contributed by atoms with van der Waals surface area (Å²) in [6.45, 7) is 0.400. The molecule has 2 aromatic carbocycles. The maximum atomic E-state index is 12.1. The summed E-state index contributed by atoms with van der Waals surface area (Å²) in [6, 6.07) is 16.8. The number of carbonyl (C=O) groups excluding carboxylic acids is 1. The van der Waals surface area contributed by atoms with Crippen molar-refractivity contribution in [2.24, 2.45) is 0 Å². The van der Waals surface area contributed by atoms with E-state index in [9.17, 15) is 13.2 Å². The first-order valence-corrected chi connectivity index (χ1v) is 9.33. The summed E-state index contributed by atoms with van der Waals surface area (Å²) < 4.78 is 24.3. The summed E-state index contributed by atoms with van der Waals surface area (Å²) in [5, 5.41) is 11.4. The van der Waals surface area contributed by atoms with Crippen molar-refractivity contribution in [1.29, 1.82) is 5.26 Å². The minimum atomic E-state index is -3.41. The van der Waals surface area contributed by atoms with E-state index in [4.69, 9.17) is 5.26 Å². The fourth-order valence-electron chi connectivity index (χ4n) is 2.20. The van der Waals surface area contributed by atoms with Crippen molar-refractivity contribution in [3.8, 4) is 6.07 Å². The molecule has 1 N–H and O–H groups in total. The fraction of sp³-hybridized carbons (Fsp3) is 0.222.